The van der Waals surface area contributed by atoms with Crippen molar-refractivity contribution in [3.05, 3.63) is 45.8 Å². The first-order chi connectivity index (χ1) is 10.3. The zero-order valence-electron chi connectivity index (χ0n) is 13.2. The van der Waals surface area contributed by atoms with Crippen LogP contribution in [0.3, 0.4) is 0 Å². The predicted octanol–water partition coefficient (Wildman–Crippen LogP) is 1.13. The van der Waals surface area contributed by atoms with Crippen molar-refractivity contribution < 1.29 is 4.79 Å². The number of likely N-dealkylation sites (tertiary alicyclic amines) is 1. The molecule has 0 aromatic carbocycles. The fourth-order valence-corrected chi connectivity index (χ4v) is 3.16. The molecular formula is C16H23N3O3. The van der Waals surface area contributed by atoms with Crippen LogP contribution in [0.2, 0.25) is 0 Å². The van der Waals surface area contributed by atoms with E-state index in [1.165, 1.54) is 16.8 Å². The molecule has 0 radical (unpaired) electrons. The molecule has 1 N–H and O–H groups in total. The summed E-state index contributed by atoms with van der Waals surface area (Å²) in [5, 5.41) is 0. The highest BCUT2D eigenvalue weighted by atomic mass is 16.2. The summed E-state index contributed by atoms with van der Waals surface area (Å²) >= 11 is 0. The Morgan fingerprint density at radius 1 is 1.50 bits per heavy atom. The molecular weight excluding hydrogens is 282 g/mol. The highest BCUT2D eigenvalue weighted by molar-refractivity contribution is 5.76. The first kappa shape index (κ1) is 16.3. The SMILES string of the molecule is C=CCC1N(C(=O)Cn2ccc(=O)[nH]c2=O)CCCC1(C)C. The number of piperidine rings is 1. The van der Waals surface area contributed by atoms with Crippen LogP contribution < -0.4 is 11.2 Å². The number of hydrogen-bond donors (Lipinski definition) is 1. The van der Waals surface area contributed by atoms with Gasteiger partial charge in [-0.2, -0.15) is 0 Å². The highest BCUT2D eigenvalue weighted by Crippen LogP contribution is 2.37. The average molecular weight is 305 g/mol. The summed E-state index contributed by atoms with van der Waals surface area (Å²) < 4.78 is 1.23. The van der Waals surface area contributed by atoms with E-state index in [-0.39, 0.29) is 23.9 Å². The van der Waals surface area contributed by atoms with Gasteiger partial charge in [0.05, 0.1) is 0 Å². The summed E-state index contributed by atoms with van der Waals surface area (Å²) in [7, 11) is 0. The van der Waals surface area contributed by atoms with Crippen LogP contribution in [0.15, 0.2) is 34.5 Å². The van der Waals surface area contributed by atoms with Gasteiger partial charge < -0.3 is 4.90 Å². The molecule has 1 aliphatic heterocycles. The largest absolute Gasteiger partial charge is 0.337 e. The summed E-state index contributed by atoms with van der Waals surface area (Å²) in [5.41, 5.74) is -0.993. The van der Waals surface area contributed by atoms with Gasteiger partial charge >= 0.3 is 5.69 Å². The Kier molecular flexibility index (Phi) is 4.68. The van der Waals surface area contributed by atoms with Crippen LogP contribution in [0.1, 0.15) is 33.1 Å². The van der Waals surface area contributed by atoms with E-state index in [9.17, 15) is 14.4 Å². The number of nitrogens with one attached hydrogen (secondary N) is 1. The van der Waals surface area contributed by atoms with Crippen molar-refractivity contribution in [1.82, 2.24) is 14.5 Å². The standard InChI is InChI=1S/C16H23N3O3/c1-4-6-12-16(2,3)8-5-9-19(12)14(21)11-18-10-7-13(20)17-15(18)22/h4,7,10,12H,1,5-6,8-9,11H2,2-3H3,(H,17,20,22). The van der Waals surface area contributed by atoms with Crippen molar-refractivity contribution in [3.63, 3.8) is 0 Å². The Labute approximate surface area is 129 Å². The third-order valence-corrected chi connectivity index (χ3v) is 4.41. The van der Waals surface area contributed by atoms with Gasteiger partial charge in [0, 0.05) is 24.8 Å². The molecule has 22 heavy (non-hydrogen) atoms. The molecule has 1 fully saturated rings. The Hall–Kier alpha value is -2.11. The molecule has 2 rings (SSSR count). The molecule has 1 aromatic heterocycles. The van der Waals surface area contributed by atoms with Gasteiger partial charge in [-0.25, -0.2) is 4.79 Å². The Balaban J connectivity index is 2.21. The van der Waals surface area contributed by atoms with Crippen molar-refractivity contribution in [1.29, 1.82) is 0 Å². The van der Waals surface area contributed by atoms with Crippen molar-refractivity contribution in [3.8, 4) is 0 Å². The minimum atomic E-state index is -0.558. The van der Waals surface area contributed by atoms with Crippen LogP contribution in [0.25, 0.3) is 0 Å². The van der Waals surface area contributed by atoms with Crippen LogP contribution in [0.4, 0.5) is 0 Å². The van der Waals surface area contributed by atoms with E-state index < -0.39 is 11.2 Å². The molecule has 0 spiro atoms. The molecule has 1 unspecified atom stereocenters. The van der Waals surface area contributed by atoms with Crippen LogP contribution in [-0.2, 0) is 11.3 Å². The Morgan fingerprint density at radius 2 is 2.23 bits per heavy atom. The fraction of sp³-hybridized carbons (Fsp3) is 0.562. The molecule has 1 atom stereocenters. The van der Waals surface area contributed by atoms with Crippen molar-refractivity contribution >= 4 is 5.91 Å². The van der Waals surface area contributed by atoms with Gasteiger partial charge in [-0.15, -0.1) is 6.58 Å². The molecule has 0 saturated carbocycles. The second-order valence-corrected chi connectivity index (χ2v) is 6.46. The quantitative estimate of drug-likeness (QED) is 0.847. The van der Waals surface area contributed by atoms with Gasteiger partial charge in [-0.05, 0) is 24.7 Å². The summed E-state index contributed by atoms with van der Waals surface area (Å²) in [4.78, 5) is 39.4. The van der Waals surface area contributed by atoms with Crippen LogP contribution in [0, 0.1) is 5.41 Å². The number of carbonyl (C=O) groups excluding carboxylic acids is 1. The normalized spacial score (nSPS) is 20.6. The van der Waals surface area contributed by atoms with E-state index >= 15 is 0 Å². The summed E-state index contributed by atoms with van der Waals surface area (Å²) in [5.74, 6) is -0.103. The summed E-state index contributed by atoms with van der Waals surface area (Å²) in [6.45, 7) is 8.75. The molecule has 2 heterocycles. The lowest BCUT2D eigenvalue weighted by atomic mass is 9.75. The summed E-state index contributed by atoms with van der Waals surface area (Å²) in [6, 6.07) is 1.33. The van der Waals surface area contributed by atoms with E-state index in [4.69, 9.17) is 0 Å². The van der Waals surface area contributed by atoms with Gasteiger partial charge in [0.25, 0.3) is 5.56 Å². The molecule has 6 heteroatoms. The van der Waals surface area contributed by atoms with E-state index in [1.807, 2.05) is 11.0 Å². The Morgan fingerprint density at radius 3 is 2.86 bits per heavy atom. The van der Waals surface area contributed by atoms with Gasteiger partial charge in [0.1, 0.15) is 6.54 Å². The van der Waals surface area contributed by atoms with E-state index in [1.54, 1.807) is 0 Å². The maximum atomic E-state index is 12.6. The van der Waals surface area contributed by atoms with E-state index in [0.29, 0.717) is 6.54 Å². The lowest BCUT2D eigenvalue weighted by Crippen LogP contribution is -2.53. The minimum absolute atomic E-state index is 0.0259. The molecule has 1 aromatic rings. The smallest absolute Gasteiger partial charge is 0.328 e. The third-order valence-electron chi connectivity index (χ3n) is 4.41. The first-order valence-electron chi connectivity index (χ1n) is 7.55. The van der Waals surface area contributed by atoms with Gasteiger partial charge in [-0.1, -0.05) is 19.9 Å². The number of amides is 1. The van der Waals surface area contributed by atoms with Crippen LogP contribution in [0.5, 0.6) is 0 Å². The van der Waals surface area contributed by atoms with E-state index in [2.05, 4.69) is 25.4 Å². The number of hydrogen-bond acceptors (Lipinski definition) is 3. The van der Waals surface area contributed by atoms with Crippen molar-refractivity contribution in [2.24, 2.45) is 5.41 Å². The average Bonchev–Trinajstić information content (AvgIpc) is 2.44. The molecule has 1 amide bonds. The van der Waals surface area contributed by atoms with Crippen molar-refractivity contribution in [2.45, 2.75) is 45.7 Å². The number of H-pyrrole nitrogens is 1. The van der Waals surface area contributed by atoms with Crippen LogP contribution in [-0.4, -0.2) is 32.9 Å². The monoisotopic (exact) mass is 305 g/mol. The molecule has 120 valence electrons. The van der Waals surface area contributed by atoms with Gasteiger partial charge in [0.15, 0.2) is 0 Å². The zero-order chi connectivity index (χ0) is 16.3. The minimum Gasteiger partial charge on any atom is -0.337 e. The molecule has 0 aliphatic carbocycles. The van der Waals surface area contributed by atoms with Crippen molar-refractivity contribution in [2.75, 3.05) is 6.54 Å². The number of carbonyl (C=O) groups is 1. The maximum Gasteiger partial charge on any atom is 0.328 e. The predicted molar refractivity (Wildman–Crippen MR) is 84.7 cm³/mol. The van der Waals surface area contributed by atoms with Gasteiger partial charge in [-0.3, -0.25) is 19.1 Å². The second kappa shape index (κ2) is 6.34. The van der Waals surface area contributed by atoms with Crippen LogP contribution >= 0.6 is 0 Å². The lowest BCUT2D eigenvalue weighted by Gasteiger charge is -2.46. The number of aromatic nitrogens is 2. The number of aromatic amines is 1. The van der Waals surface area contributed by atoms with E-state index in [0.717, 1.165) is 19.3 Å². The zero-order valence-corrected chi connectivity index (χ0v) is 13.2. The molecule has 1 saturated heterocycles. The lowest BCUT2D eigenvalue weighted by molar-refractivity contribution is -0.139. The highest BCUT2D eigenvalue weighted by Gasteiger charge is 2.38. The summed E-state index contributed by atoms with van der Waals surface area (Å²) in [6.07, 6.45) is 5.95. The fourth-order valence-electron chi connectivity index (χ4n) is 3.16. The molecule has 6 nitrogen and oxygen atoms in total. The molecule has 1 aliphatic rings. The molecule has 0 bridgehead atoms. The second-order valence-electron chi connectivity index (χ2n) is 6.46. The third kappa shape index (κ3) is 3.37. The maximum absolute atomic E-state index is 12.6. The first-order valence-corrected chi connectivity index (χ1v) is 7.55. The topological polar surface area (TPSA) is 75.2 Å². The van der Waals surface area contributed by atoms with Gasteiger partial charge in [0.2, 0.25) is 5.91 Å². The Bertz CT molecular complexity index is 672. The number of rotatable bonds is 4. The number of nitrogens with zero attached hydrogens (tertiary/aromatic N) is 2.